The lowest BCUT2D eigenvalue weighted by Crippen LogP contribution is -2.33. The quantitative estimate of drug-likeness (QED) is 0.792. The number of aromatic nitrogens is 1. The highest BCUT2D eigenvalue weighted by molar-refractivity contribution is 7.80. The second-order valence-corrected chi connectivity index (χ2v) is 5.93. The lowest BCUT2D eigenvalue weighted by molar-refractivity contribution is 0.498. The van der Waals surface area contributed by atoms with E-state index in [1.54, 1.807) is 6.20 Å². The SMILES string of the molecule is CC[C@H](CNC(=S)Nc1cc(C)ccn1)Cc1ccccc1. The third kappa shape index (κ3) is 5.45. The maximum Gasteiger partial charge on any atom is 0.171 e. The summed E-state index contributed by atoms with van der Waals surface area (Å²) in [4.78, 5) is 4.26. The molecule has 0 spiro atoms. The minimum Gasteiger partial charge on any atom is -0.362 e. The van der Waals surface area contributed by atoms with Crippen LogP contribution < -0.4 is 10.6 Å². The minimum atomic E-state index is 0.563. The number of hydrogen-bond acceptors (Lipinski definition) is 2. The van der Waals surface area contributed by atoms with Crippen molar-refractivity contribution in [3.05, 3.63) is 59.8 Å². The van der Waals surface area contributed by atoms with Crippen LogP contribution in [0.3, 0.4) is 0 Å². The molecular weight excluding hydrogens is 290 g/mol. The highest BCUT2D eigenvalue weighted by Crippen LogP contribution is 2.11. The van der Waals surface area contributed by atoms with Crippen molar-refractivity contribution in [2.45, 2.75) is 26.7 Å². The molecule has 0 fully saturated rings. The maximum atomic E-state index is 5.35. The summed E-state index contributed by atoms with van der Waals surface area (Å²) in [5.74, 6) is 1.35. The second-order valence-electron chi connectivity index (χ2n) is 5.52. The second kappa shape index (κ2) is 8.49. The molecule has 1 aromatic carbocycles. The van der Waals surface area contributed by atoms with Gasteiger partial charge in [0.25, 0.3) is 0 Å². The zero-order valence-corrected chi connectivity index (χ0v) is 14.0. The molecule has 3 nitrogen and oxygen atoms in total. The van der Waals surface area contributed by atoms with E-state index in [0.29, 0.717) is 11.0 Å². The van der Waals surface area contributed by atoms with Crippen LogP contribution in [0.1, 0.15) is 24.5 Å². The fraction of sp³-hybridized carbons (Fsp3) is 0.333. The number of pyridine rings is 1. The van der Waals surface area contributed by atoms with E-state index in [2.05, 4.69) is 52.9 Å². The molecule has 1 heterocycles. The highest BCUT2D eigenvalue weighted by Gasteiger charge is 2.08. The van der Waals surface area contributed by atoms with Gasteiger partial charge in [0.05, 0.1) is 0 Å². The Morgan fingerprint density at radius 2 is 2.00 bits per heavy atom. The summed E-state index contributed by atoms with van der Waals surface area (Å²) in [7, 11) is 0. The number of nitrogens with zero attached hydrogens (tertiary/aromatic N) is 1. The fourth-order valence-corrected chi connectivity index (χ4v) is 2.50. The molecule has 0 aliphatic rings. The first-order chi connectivity index (χ1) is 10.7. The topological polar surface area (TPSA) is 37.0 Å². The van der Waals surface area contributed by atoms with Crippen LogP contribution in [0.2, 0.25) is 0 Å². The van der Waals surface area contributed by atoms with E-state index >= 15 is 0 Å². The largest absolute Gasteiger partial charge is 0.362 e. The van der Waals surface area contributed by atoms with E-state index in [-0.39, 0.29) is 0 Å². The molecule has 2 rings (SSSR count). The molecule has 1 aromatic heterocycles. The number of thiocarbonyl (C=S) groups is 1. The van der Waals surface area contributed by atoms with Crippen molar-refractivity contribution in [1.29, 1.82) is 0 Å². The lowest BCUT2D eigenvalue weighted by atomic mass is 9.97. The summed E-state index contributed by atoms with van der Waals surface area (Å²) in [6, 6.07) is 14.5. The zero-order chi connectivity index (χ0) is 15.8. The molecule has 2 aromatic rings. The Kier molecular flexibility index (Phi) is 6.34. The van der Waals surface area contributed by atoms with Crippen LogP contribution in [0.5, 0.6) is 0 Å². The number of anilines is 1. The van der Waals surface area contributed by atoms with Gasteiger partial charge in [-0.1, -0.05) is 43.7 Å². The minimum absolute atomic E-state index is 0.563. The predicted octanol–water partition coefficient (Wildman–Crippen LogP) is 3.95. The van der Waals surface area contributed by atoms with Gasteiger partial charge in [-0.2, -0.15) is 0 Å². The Morgan fingerprint density at radius 3 is 2.68 bits per heavy atom. The summed E-state index contributed by atoms with van der Waals surface area (Å²) < 4.78 is 0. The summed E-state index contributed by atoms with van der Waals surface area (Å²) in [5, 5.41) is 7.07. The molecule has 22 heavy (non-hydrogen) atoms. The van der Waals surface area contributed by atoms with Crippen molar-refractivity contribution in [3.63, 3.8) is 0 Å². The van der Waals surface area contributed by atoms with Gasteiger partial charge in [0, 0.05) is 12.7 Å². The van der Waals surface area contributed by atoms with E-state index in [4.69, 9.17) is 12.2 Å². The van der Waals surface area contributed by atoms with Crippen molar-refractivity contribution >= 4 is 23.1 Å². The highest BCUT2D eigenvalue weighted by atomic mass is 32.1. The van der Waals surface area contributed by atoms with Crippen LogP contribution in [0.4, 0.5) is 5.82 Å². The van der Waals surface area contributed by atoms with Crippen molar-refractivity contribution in [3.8, 4) is 0 Å². The molecule has 0 unspecified atom stereocenters. The van der Waals surface area contributed by atoms with Crippen LogP contribution in [-0.4, -0.2) is 16.6 Å². The van der Waals surface area contributed by atoms with Gasteiger partial charge >= 0.3 is 0 Å². The van der Waals surface area contributed by atoms with Gasteiger partial charge in [-0.05, 0) is 54.7 Å². The molecule has 0 aliphatic carbocycles. The average Bonchev–Trinajstić information content (AvgIpc) is 2.52. The third-order valence-electron chi connectivity index (χ3n) is 3.65. The number of aryl methyl sites for hydroxylation is 1. The van der Waals surface area contributed by atoms with Gasteiger partial charge in [0.2, 0.25) is 0 Å². The Labute approximate surface area is 138 Å². The molecule has 0 bridgehead atoms. The number of hydrogen-bond donors (Lipinski definition) is 2. The maximum absolute atomic E-state index is 5.35. The van der Waals surface area contributed by atoms with Crippen LogP contribution >= 0.6 is 12.2 Å². The molecule has 0 amide bonds. The fourth-order valence-electron chi connectivity index (χ4n) is 2.31. The van der Waals surface area contributed by atoms with E-state index in [0.717, 1.165) is 30.8 Å². The number of rotatable bonds is 6. The third-order valence-corrected chi connectivity index (χ3v) is 3.90. The molecule has 116 valence electrons. The van der Waals surface area contributed by atoms with Crippen LogP contribution in [0.25, 0.3) is 0 Å². The smallest absolute Gasteiger partial charge is 0.171 e. The van der Waals surface area contributed by atoms with E-state index in [9.17, 15) is 0 Å². The Morgan fingerprint density at radius 1 is 1.23 bits per heavy atom. The van der Waals surface area contributed by atoms with Gasteiger partial charge in [-0.3, -0.25) is 0 Å². The molecule has 0 radical (unpaired) electrons. The van der Waals surface area contributed by atoms with Crippen molar-refractivity contribution in [1.82, 2.24) is 10.3 Å². The van der Waals surface area contributed by atoms with Crippen molar-refractivity contribution < 1.29 is 0 Å². The van der Waals surface area contributed by atoms with Gasteiger partial charge in [-0.25, -0.2) is 4.98 Å². The van der Waals surface area contributed by atoms with Crippen molar-refractivity contribution in [2.75, 3.05) is 11.9 Å². The number of benzene rings is 1. The Bertz CT molecular complexity index is 598. The first-order valence-corrected chi connectivity index (χ1v) is 8.09. The number of nitrogens with one attached hydrogen (secondary N) is 2. The van der Waals surface area contributed by atoms with E-state index in [1.165, 1.54) is 5.56 Å². The van der Waals surface area contributed by atoms with E-state index in [1.807, 2.05) is 19.1 Å². The normalized spacial score (nSPS) is 11.7. The molecule has 1 atom stereocenters. The Hall–Kier alpha value is -1.94. The van der Waals surface area contributed by atoms with Crippen LogP contribution in [0.15, 0.2) is 48.7 Å². The van der Waals surface area contributed by atoms with Gasteiger partial charge in [0.1, 0.15) is 5.82 Å². The summed E-state index contributed by atoms with van der Waals surface area (Å²) >= 11 is 5.35. The molecule has 0 saturated heterocycles. The van der Waals surface area contributed by atoms with Crippen LogP contribution in [-0.2, 0) is 6.42 Å². The van der Waals surface area contributed by atoms with Gasteiger partial charge in [0.15, 0.2) is 5.11 Å². The monoisotopic (exact) mass is 313 g/mol. The summed E-state index contributed by atoms with van der Waals surface area (Å²) in [6.07, 6.45) is 3.97. The summed E-state index contributed by atoms with van der Waals surface area (Å²) in [6.45, 7) is 5.12. The van der Waals surface area contributed by atoms with Gasteiger partial charge in [-0.15, -0.1) is 0 Å². The predicted molar refractivity (Wildman–Crippen MR) is 97.1 cm³/mol. The first kappa shape index (κ1) is 16.4. The molecule has 4 heteroatoms. The molecule has 0 aliphatic heterocycles. The molecule has 0 saturated carbocycles. The Balaban J connectivity index is 1.81. The first-order valence-electron chi connectivity index (χ1n) is 7.68. The summed E-state index contributed by atoms with van der Waals surface area (Å²) in [5.41, 5.74) is 2.53. The lowest BCUT2D eigenvalue weighted by Gasteiger charge is -2.17. The standard InChI is InChI=1S/C18H23N3S/c1-3-15(12-16-7-5-4-6-8-16)13-20-18(22)21-17-11-14(2)9-10-19-17/h4-11,15H,3,12-13H2,1-2H3,(H2,19,20,21,22)/t15-/m0/s1. The molecule has 2 N–H and O–H groups in total. The zero-order valence-electron chi connectivity index (χ0n) is 13.2. The average molecular weight is 313 g/mol. The van der Waals surface area contributed by atoms with Crippen molar-refractivity contribution in [2.24, 2.45) is 5.92 Å². The van der Waals surface area contributed by atoms with Crippen LogP contribution in [0, 0.1) is 12.8 Å². The molecular formula is C18H23N3S. The van der Waals surface area contributed by atoms with E-state index < -0.39 is 0 Å². The van der Waals surface area contributed by atoms with Gasteiger partial charge < -0.3 is 10.6 Å².